The first kappa shape index (κ1) is 12.9. The van der Waals surface area contributed by atoms with Gasteiger partial charge in [0.05, 0.1) is 13.2 Å². The van der Waals surface area contributed by atoms with Crippen molar-refractivity contribution in [1.82, 2.24) is 9.88 Å². The molecule has 1 aromatic heterocycles. The van der Waals surface area contributed by atoms with E-state index in [4.69, 9.17) is 4.74 Å². The van der Waals surface area contributed by atoms with Crippen LogP contribution in [-0.4, -0.2) is 49.3 Å². The minimum atomic E-state index is 0.552. The molecular formula is C15H23N3O. The van der Waals surface area contributed by atoms with Crippen molar-refractivity contribution in [3.63, 3.8) is 0 Å². The molecule has 0 unspecified atom stereocenters. The number of aromatic nitrogens is 1. The molecule has 0 spiro atoms. The normalized spacial score (nSPS) is 24.9. The zero-order chi connectivity index (χ0) is 13.1. The number of hydrogen-bond donors (Lipinski definition) is 0. The number of pyridine rings is 1. The van der Waals surface area contributed by atoms with E-state index < -0.39 is 0 Å². The van der Waals surface area contributed by atoms with Gasteiger partial charge in [-0.1, -0.05) is 13.0 Å². The maximum atomic E-state index is 5.45. The summed E-state index contributed by atoms with van der Waals surface area (Å²) in [6.45, 7) is 8.16. The molecule has 0 aliphatic carbocycles. The van der Waals surface area contributed by atoms with Gasteiger partial charge in [-0.3, -0.25) is 4.90 Å². The fourth-order valence-electron chi connectivity index (χ4n) is 3.27. The van der Waals surface area contributed by atoms with Gasteiger partial charge in [0, 0.05) is 30.9 Å². The van der Waals surface area contributed by atoms with Crippen LogP contribution in [0.1, 0.15) is 31.4 Å². The van der Waals surface area contributed by atoms with Gasteiger partial charge in [0.15, 0.2) is 0 Å². The molecular weight excluding hydrogens is 238 g/mol. The van der Waals surface area contributed by atoms with Crippen molar-refractivity contribution in [3.8, 4) is 0 Å². The van der Waals surface area contributed by atoms with Crippen molar-refractivity contribution >= 4 is 5.82 Å². The second-order valence-electron chi connectivity index (χ2n) is 5.30. The van der Waals surface area contributed by atoms with E-state index >= 15 is 0 Å². The van der Waals surface area contributed by atoms with E-state index in [1.807, 2.05) is 6.20 Å². The van der Waals surface area contributed by atoms with Gasteiger partial charge in [-0.2, -0.15) is 0 Å². The van der Waals surface area contributed by atoms with Gasteiger partial charge in [0.25, 0.3) is 0 Å². The molecule has 4 nitrogen and oxygen atoms in total. The molecule has 1 aromatic rings. The fraction of sp³-hybridized carbons (Fsp3) is 0.667. The quantitative estimate of drug-likeness (QED) is 0.833. The number of likely N-dealkylation sites (tertiary alicyclic amines) is 1. The van der Waals surface area contributed by atoms with E-state index in [0.717, 1.165) is 32.8 Å². The Labute approximate surface area is 115 Å². The van der Waals surface area contributed by atoms with E-state index in [1.54, 1.807) is 0 Å². The van der Waals surface area contributed by atoms with Crippen LogP contribution in [0.2, 0.25) is 0 Å². The number of morpholine rings is 1. The summed E-state index contributed by atoms with van der Waals surface area (Å²) < 4.78 is 5.45. The summed E-state index contributed by atoms with van der Waals surface area (Å²) >= 11 is 0. The number of hydrogen-bond acceptors (Lipinski definition) is 4. The van der Waals surface area contributed by atoms with Crippen LogP contribution in [0.3, 0.4) is 0 Å². The topological polar surface area (TPSA) is 28.6 Å². The van der Waals surface area contributed by atoms with Gasteiger partial charge in [-0.25, -0.2) is 4.98 Å². The Morgan fingerprint density at radius 3 is 2.95 bits per heavy atom. The maximum Gasteiger partial charge on any atom is 0.133 e. The summed E-state index contributed by atoms with van der Waals surface area (Å²) in [6, 6.07) is 4.89. The summed E-state index contributed by atoms with van der Waals surface area (Å²) in [7, 11) is 0. The number of ether oxygens (including phenoxy) is 1. The van der Waals surface area contributed by atoms with Crippen molar-refractivity contribution in [2.45, 2.75) is 25.8 Å². The smallest absolute Gasteiger partial charge is 0.133 e. The molecule has 3 rings (SSSR count). The van der Waals surface area contributed by atoms with Gasteiger partial charge < -0.3 is 9.64 Å². The molecule has 19 heavy (non-hydrogen) atoms. The molecule has 0 amide bonds. The average Bonchev–Trinajstić information content (AvgIpc) is 2.96. The summed E-state index contributed by atoms with van der Waals surface area (Å²) in [5.41, 5.74) is 1.41. The molecule has 0 N–H and O–H groups in total. The third-order valence-corrected chi connectivity index (χ3v) is 4.26. The Morgan fingerprint density at radius 2 is 2.16 bits per heavy atom. The van der Waals surface area contributed by atoms with Gasteiger partial charge in [-0.05, 0) is 32.0 Å². The monoisotopic (exact) mass is 261 g/mol. The average molecular weight is 261 g/mol. The van der Waals surface area contributed by atoms with Crippen LogP contribution in [0.5, 0.6) is 0 Å². The first-order valence-electron chi connectivity index (χ1n) is 7.42. The standard InChI is InChI=1S/C15H23N3O/c1-2-17-8-4-6-14(17)13-5-3-7-16-15(13)18-9-11-19-12-10-18/h3,5,7,14H,2,4,6,8-12H2,1H3/t14-/m0/s1. The molecule has 0 bridgehead atoms. The Morgan fingerprint density at radius 1 is 1.32 bits per heavy atom. The van der Waals surface area contributed by atoms with Crippen molar-refractivity contribution in [3.05, 3.63) is 23.9 Å². The summed E-state index contributed by atoms with van der Waals surface area (Å²) in [4.78, 5) is 9.61. The minimum absolute atomic E-state index is 0.552. The summed E-state index contributed by atoms with van der Waals surface area (Å²) in [5.74, 6) is 1.18. The van der Waals surface area contributed by atoms with Crippen molar-refractivity contribution in [1.29, 1.82) is 0 Å². The first-order valence-corrected chi connectivity index (χ1v) is 7.42. The summed E-state index contributed by atoms with van der Waals surface area (Å²) in [6.07, 6.45) is 4.48. The number of anilines is 1. The van der Waals surface area contributed by atoms with Crippen LogP contribution < -0.4 is 4.90 Å². The Hall–Kier alpha value is -1.13. The molecule has 2 aliphatic rings. The first-order chi connectivity index (χ1) is 9.40. The molecule has 104 valence electrons. The highest BCUT2D eigenvalue weighted by molar-refractivity contribution is 5.49. The molecule has 0 radical (unpaired) electrons. The number of rotatable bonds is 3. The van der Waals surface area contributed by atoms with E-state index in [-0.39, 0.29) is 0 Å². The Kier molecular flexibility index (Phi) is 3.99. The Bertz CT molecular complexity index is 418. The number of nitrogens with zero attached hydrogens (tertiary/aromatic N) is 3. The third kappa shape index (κ3) is 2.60. The second kappa shape index (κ2) is 5.88. The maximum absolute atomic E-state index is 5.45. The lowest BCUT2D eigenvalue weighted by molar-refractivity contribution is 0.122. The van der Waals surface area contributed by atoms with Crippen LogP contribution in [0.15, 0.2) is 18.3 Å². The molecule has 3 heterocycles. The van der Waals surface area contributed by atoms with Crippen LogP contribution in [0, 0.1) is 0 Å². The van der Waals surface area contributed by atoms with Crippen molar-refractivity contribution in [2.75, 3.05) is 44.3 Å². The van der Waals surface area contributed by atoms with Crippen LogP contribution in [0.4, 0.5) is 5.82 Å². The highest BCUT2D eigenvalue weighted by atomic mass is 16.5. The second-order valence-corrected chi connectivity index (χ2v) is 5.30. The fourth-order valence-corrected chi connectivity index (χ4v) is 3.27. The molecule has 0 aromatic carbocycles. The highest BCUT2D eigenvalue weighted by Gasteiger charge is 2.28. The lowest BCUT2D eigenvalue weighted by Gasteiger charge is -2.32. The molecule has 2 fully saturated rings. The van der Waals surface area contributed by atoms with Crippen LogP contribution in [-0.2, 0) is 4.74 Å². The zero-order valence-corrected chi connectivity index (χ0v) is 11.7. The van der Waals surface area contributed by atoms with Gasteiger partial charge >= 0.3 is 0 Å². The van der Waals surface area contributed by atoms with Crippen molar-refractivity contribution in [2.24, 2.45) is 0 Å². The van der Waals surface area contributed by atoms with Gasteiger partial charge in [0.1, 0.15) is 5.82 Å². The van der Waals surface area contributed by atoms with Gasteiger partial charge in [-0.15, -0.1) is 0 Å². The van der Waals surface area contributed by atoms with Crippen molar-refractivity contribution < 1.29 is 4.74 Å². The molecule has 0 saturated carbocycles. The predicted octanol–water partition coefficient (Wildman–Crippen LogP) is 2.08. The van der Waals surface area contributed by atoms with E-state index in [9.17, 15) is 0 Å². The predicted molar refractivity (Wildman–Crippen MR) is 76.5 cm³/mol. The highest BCUT2D eigenvalue weighted by Crippen LogP contribution is 2.36. The van der Waals surface area contributed by atoms with E-state index in [1.165, 1.54) is 30.8 Å². The van der Waals surface area contributed by atoms with Crippen LogP contribution >= 0.6 is 0 Å². The Balaban J connectivity index is 1.88. The molecule has 4 heteroatoms. The third-order valence-electron chi connectivity index (χ3n) is 4.26. The molecule has 2 saturated heterocycles. The van der Waals surface area contributed by atoms with E-state index in [0.29, 0.717) is 6.04 Å². The molecule has 1 atom stereocenters. The van der Waals surface area contributed by atoms with Gasteiger partial charge in [0.2, 0.25) is 0 Å². The zero-order valence-electron chi connectivity index (χ0n) is 11.7. The largest absolute Gasteiger partial charge is 0.378 e. The lowest BCUT2D eigenvalue weighted by Crippen LogP contribution is -2.38. The minimum Gasteiger partial charge on any atom is -0.378 e. The lowest BCUT2D eigenvalue weighted by atomic mass is 10.0. The SMILES string of the molecule is CCN1CCC[C@H]1c1cccnc1N1CCOCC1. The van der Waals surface area contributed by atoms with Crippen LogP contribution in [0.25, 0.3) is 0 Å². The summed E-state index contributed by atoms with van der Waals surface area (Å²) in [5, 5.41) is 0. The van der Waals surface area contributed by atoms with E-state index in [2.05, 4.69) is 33.8 Å². The molecule has 2 aliphatic heterocycles.